The van der Waals surface area contributed by atoms with Crippen LogP contribution < -0.4 is 19.5 Å². The molecule has 0 saturated carbocycles. The molecule has 0 saturated heterocycles. The molecule has 0 fully saturated rings. The average molecular weight is 477 g/mol. The fraction of sp³-hybridized carbons (Fsp3) is 0.318. The monoisotopic (exact) mass is 476 g/mol. The van der Waals surface area contributed by atoms with E-state index in [1.54, 1.807) is 33.5 Å². The van der Waals surface area contributed by atoms with Crippen molar-refractivity contribution in [3.05, 3.63) is 40.9 Å². The molecule has 32 heavy (non-hydrogen) atoms. The minimum atomic E-state index is -0.152. The summed E-state index contributed by atoms with van der Waals surface area (Å²) in [5, 5.41) is 12.8. The molecule has 3 rings (SSSR count). The lowest BCUT2D eigenvalue weighted by Gasteiger charge is -2.14. The molecule has 2 aromatic carbocycles. The van der Waals surface area contributed by atoms with Gasteiger partial charge in [-0.05, 0) is 43.7 Å². The topological polar surface area (TPSA) is 87.5 Å². The number of ether oxygens (including phenoxy) is 3. The van der Waals surface area contributed by atoms with Crippen LogP contribution in [0.2, 0.25) is 5.02 Å². The lowest BCUT2D eigenvalue weighted by molar-refractivity contribution is -0.113. The number of nitrogens with zero attached hydrogens (tertiary/aromatic N) is 3. The molecule has 10 heteroatoms. The SMILES string of the molecule is CCn1c(SCC(=O)Nc2cccc(Cl)c2C)nnc1-c1cc(OC)c(OC)c(OC)c1. The van der Waals surface area contributed by atoms with Crippen LogP contribution in [0.4, 0.5) is 5.69 Å². The molecule has 0 aliphatic rings. The lowest BCUT2D eigenvalue weighted by atomic mass is 10.1. The van der Waals surface area contributed by atoms with Crippen molar-refractivity contribution in [1.82, 2.24) is 14.8 Å². The molecule has 1 N–H and O–H groups in total. The average Bonchev–Trinajstić information content (AvgIpc) is 3.22. The number of hydrogen-bond donors (Lipinski definition) is 1. The molecule has 0 aliphatic heterocycles. The Kier molecular flexibility index (Phi) is 7.87. The summed E-state index contributed by atoms with van der Waals surface area (Å²) in [4.78, 5) is 12.5. The minimum absolute atomic E-state index is 0.152. The van der Waals surface area contributed by atoms with Gasteiger partial charge >= 0.3 is 0 Å². The first-order valence-corrected chi connectivity index (χ1v) is 11.2. The summed E-state index contributed by atoms with van der Waals surface area (Å²) in [7, 11) is 4.68. The van der Waals surface area contributed by atoms with E-state index in [4.69, 9.17) is 25.8 Å². The standard InChI is InChI=1S/C22H25ClN4O4S/c1-6-27-21(14-10-17(29-3)20(31-5)18(11-14)30-4)25-26-22(27)32-12-19(28)24-16-9-7-8-15(23)13(16)2/h7-11H,6,12H2,1-5H3,(H,24,28). The van der Waals surface area contributed by atoms with Crippen LogP contribution in [0.15, 0.2) is 35.5 Å². The number of rotatable bonds is 9. The van der Waals surface area contributed by atoms with Crippen LogP contribution in [0.5, 0.6) is 17.2 Å². The number of hydrogen-bond acceptors (Lipinski definition) is 7. The van der Waals surface area contributed by atoms with Crippen LogP contribution in [0, 0.1) is 6.92 Å². The van der Waals surface area contributed by atoms with Gasteiger partial charge in [0, 0.05) is 22.8 Å². The Labute approximate surface area is 196 Å². The second-order valence-electron chi connectivity index (χ2n) is 6.71. The fourth-order valence-corrected chi connectivity index (χ4v) is 4.14. The van der Waals surface area contributed by atoms with E-state index in [9.17, 15) is 4.79 Å². The van der Waals surface area contributed by atoms with Gasteiger partial charge in [0.1, 0.15) is 0 Å². The van der Waals surface area contributed by atoms with Crippen molar-refractivity contribution in [3.63, 3.8) is 0 Å². The maximum atomic E-state index is 12.5. The number of aromatic nitrogens is 3. The van der Waals surface area contributed by atoms with Gasteiger partial charge < -0.3 is 24.1 Å². The van der Waals surface area contributed by atoms with Crippen LogP contribution in [0.3, 0.4) is 0 Å². The van der Waals surface area contributed by atoms with Crippen molar-refractivity contribution in [2.45, 2.75) is 25.5 Å². The smallest absolute Gasteiger partial charge is 0.234 e. The van der Waals surface area contributed by atoms with Gasteiger partial charge in [-0.2, -0.15) is 0 Å². The zero-order valence-corrected chi connectivity index (χ0v) is 20.1. The highest BCUT2D eigenvalue weighted by atomic mass is 35.5. The number of halogens is 1. The summed E-state index contributed by atoms with van der Waals surface area (Å²) in [6.45, 7) is 4.48. The van der Waals surface area contributed by atoms with Crippen LogP contribution in [-0.2, 0) is 11.3 Å². The Morgan fingerprint density at radius 3 is 2.41 bits per heavy atom. The van der Waals surface area contributed by atoms with Crippen molar-refractivity contribution in [1.29, 1.82) is 0 Å². The Bertz CT molecular complexity index is 1090. The largest absolute Gasteiger partial charge is 0.493 e. The number of anilines is 1. The van der Waals surface area contributed by atoms with Crippen molar-refractivity contribution in [2.75, 3.05) is 32.4 Å². The van der Waals surface area contributed by atoms with Gasteiger partial charge in [0.25, 0.3) is 0 Å². The molecule has 8 nitrogen and oxygen atoms in total. The maximum Gasteiger partial charge on any atom is 0.234 e. The maximum absolute atomic E-state index is 12.5. The van der Waals surface area contributed by atoms with Crippen molar-refractivity contribution in [2.24, 2.45) is 0 Å². The third-order valence-corrected chi connectivity index (χ3v) is 6.21. The Hall–Kier alpha value is -2.91. The molecule has 1 heterocycles. The lowest BCUT2D eigenvalue weighted by Crippen LogP contribution is -2.15. The quantitative estimate of drug-likeness (QED) is 0.448. The molecule has 0 spiro atoms. The molecule has 0 unspecified atom stereocenters. The van der Waals surface area contributed by atoms with Gasteiger partial charge in [0.15, 0.2) is 22.5 Å². The van der Waals surface area contributed by atoms with Crippen molar-refractivity contribution < 1.29 is 19.0 Å². The van der Waals surface area contributed by atoms with Gasteiger partial charge in [-0.1, -0.05) is 29.4 Å². The zero-order valence-electron chi connectivity index (χ0n) is 18.6. The number of benzene rings is 2. The molecule has 0 radical (unpaired) electrons. The molecule has 0 aliphatic carbocycles. The van der Waals surface area contributed by atoms with Crippen molar-refractivity contribution >= 4 is 35.0 Å². The number of carbonyl (C=O) groups excluding carboxylic acids is 1. The Morgan fingerprint density at radius 2 is 1.81 bits per heavy atom. The molecule has 170 valence electrons. The summed E-state index contributed by atoms with van der Waals surface area (Å²) < 4.78 is 18.2. The minimum Gasteiger partial charge on any atom is -0.493 e. The van der Waals surface area contributed by atoms with E-state index in [2.05, 4.69) is 15.5 Å². The molecule has 1 amide bonds. The van der Waals surface area contributed by atoms with Crippen LogP contribution >= 0.6 is 23.4 Å². The van der Waals surface area contributed by atoms with Gasteiger partial charge in [-0.25, -0.2) is 0 Å². The summed E-state index contributed by atoms with van der Waals surface area (Å²) in [6, 6.07) is 9.05. The van der Waals surface area contributed by atoms with Crippen LogP contribution in [0.25, 0.3) is 11.4 Å². The molecule has 0 bridgehead atoms. The third-order valence-electron chi connectivity index (χ3n) is 4.83. The number of thioether (sulfide) groups is 1. The predicted molar refractivity (Wildman–Crippen MR) is 126 cm³/mol. The van der Waals surface area contributed by atoms with E-state index in [1.165, 1.54) is 11.8 Å². The van der Waals surface area contributed by atoms with E-state index in [-0.39, 0.29) is 11.7 Å². The highest BCUT2D eigenvalue weighted by molar-refractivity contribution is 7.99. The second-order valence-corrected chi connectivity index (χ2v) is 8.06. The first-order valence-electron chi connectivity index (χ1n) is 9.84. The highest BCUT2D eigenvalue weighted by Gasteiger charge is 2.20. The second kappa shape index (κ2) is 10.6. The first kappa shape index (κ1) is 23.7. The molecular formula is C22H25ClN4O4S. The van der Waals surface area contributed by atoms with E-state index < -0.39 is 0 Å². The number of nitrogens with one attached hydrogen (secondary N) is 1. The van der Waals surface area contributed by atoms with E-state index in [0.717, 1.165) is 11.1 Å². The Balaban J connectivity index is 1.81. The number of amides is 1. The summed E-state index contributed by atoms with van der Waals surface area (Å²) in [6.07, 6.45) is 0. The molecule has 3 aromatic rings. The van der Waals surface area contributed by atoms with Gasteiger partial charge in [0.2, 0.25) is 11.7 Å². The molecular weight excluding hydrogens is 452 g/mol. The molecule has 0 atom stereocenters. The van der Waals surface area contributed by atoms with E-state index in [0.29, 0.717) is 45.5 Å². The summed E-state index contributed by atoms with van der Waals surface area (Å²) in [5.74, 6) is 2.22. The number of methoxy groups -OCH3 is 3. The fourth-order valence-electron chi connectivity index (χ4n) is 3.16. The first-order chi connectivity index (χ1) is 15.4. The zero-order chi connectivity index (χ0) is 23.3. The van der Waals surface area contributed by atoms with Gasteiger partial charge in [0.05, 0.1) is 27.1 Å². The molecule has 1 aromatic heterocycles. The number of carbonyl (C=O) groups is 1. The van der Waals surface area contributed by atoms with E-state index >= 15 is 0 Å². The van der Waals surface area contributed by atoms with Gasteiger partial charge in [-0.15, -0.1) is 10.2 Å². The third kappa shape index (κ3) is 4.94. The Morgan fingerprint density at radius 1 is 1.12 bits per heavy atom. The van der Waals surface area contributed by atoms with Crippen LogP contribution in [0.1, 0.15) is 12.5 Å². The normalized spacial score (nSPS) is 10.7. The highest BCUT2D eigenvalue weighted by Crippen LogP contribution is 2.41. The summed E-state index contributed by atoms with van der Waals surface area (Å²) >= 11 is 7.44. The van der Waals surface area contributed by atoms with Crippen LogP contribution in [-0.4, -0.2) is 47.8 Å². The van der Waals surface area contributed by atoms with Crippen molar-refractivity contribution in [3.8, 4) is 28.6 Å². The predicted octanol–water partition coefficient (Wildman–Crippen LogP) is 4.68. The van der Waals surface area contributed by atoms with E-state index in [1.807, 2.05) is 36.6 Å². The summed E-state index contributed by atoms with van der Waals surface area (Å²) in [5.41, 5.74) is 2.28. The van der Waals surface area contributed by atoms with Gasteiger partial charge in [-0.3, -0.25) is 4.79 Å².